The Bertz CT molecular complexity index is 605. The van der Waals surface area contributed by atoms with E-state index in [-0.39, 0.29) is 17.3 Å². The number of benzene rings is 1. The van der Waals surface area contributed by atoms with E-state index in [1.165, 1.54) is 6.07 Å². The van der Waals surface area contributed by atoms with E-state index < -0.39 is 4.92 Å². The van der Waals surface area contributed by atoms with Crippen molar-refractivity contribution in [2.24, 2.45) is 0 Å². The molecule has 2 rings (SSSR count). The maximum atomic E-state index is 11.0. The van der Waals surface area contributed by atoms with Crippen LogP contribution in [0.15, 0.2) is 22.6 Å². The van der Waals surface area contributed by atoms with Crippen molar-refractivity contribution in [3.63, 3.8) is 0 Å². The molecular weight excluding hydrogens is 270 g/mol. The first kappa shape index (κ1) is 13.4. The van der Waals surface area contributed by atoms with Crippen LogP contribution in [-0.4, -0.2) is 9.91 Å². The summed E-state index contributed by atoms with van der Waals surface area (Å²) in [6.45, 7) is 3.91. The normalized spacial score (nSPS) is 10.5. The second kappa shape index (κ2) is 5.27. The minimum Gasteiger partial charge on any atom is -0.444 e. The Morgan fingerprint density at radius 3 is 2.79 bits per heavy atom. The van der Waals surface area contributed by atoms with Gasteiger partial charge in [0.2, 0.25) is 5.89 Å². The number of para-hydroxylation sites is 1. The van der Waals surface area contributed by atoms with E-state index in [4.69, 9.17) is 16.0 Å². The summed E-state index contributed by atoms with van der Waals surface area (Å²) >= 11 is 5.81. The molecule has 0 aliphatic heterocycles. The minimum absolute atomic E-state index is 0.0924. The molecule has 1 heterocycles. The van der Waals surface area contributed by atoms with Crippen LogP contribution in [0.3, 0.4) is 0 Å². The molecule has 100 valence electrons. The van der Waals surface area contributed by atoms with Gasteiger partial charge in [0.1, 0.15) is 16.5 Å². The van der Waals surface area contributed by atoms with Crippen LogP contribution in [0, 0.1) is 24.0 Å². The third-order valence-electron chi connectivity index (χ3n) is 2.67. The van der Waals surface area contributed by atoms with Gasteiger partial charge in [0, 0.05) is 0 Å². The second-order valence-electron chi connectivity index (χ2n) is 4.00. The summed E-state index contributed by atoms with van der Waals surface area (Å²) in [4.78, 5) is 14.6. The number of hydrogen-bond acceptors (Lipinski definition) is 5. The summed E-state index contributed by atoms with van der Waals surface area (Å²) in [5.41, 5.74) is 0.993. The number of nitro groups is 1. The van der Waals surface area contributed by atoms with E-state index in [9.17, 15) is 10.1 Å². The molecule has 1 aromatic carbocycles. The number of aromatic nitrogens is 1. The third-order valence-corrected chi connectivity index (χ3v) is 2.98. The highest BCUT2D eigenvalue weighted by atomic mass is 35.5. The van der Waals surface area contributed by atoms with Gasteiger partial charge in [0.25, 0.3) is 0 Å². The first-order valence-corrected chi connectivity index (χ1v) is 5.96. The van der Waals surface area contributed by atoms with Gasteiger partial charge in [-0.25, -0.2) is 4.98 Å². The summed E-state index contributed by atoms with van der Waals surface area (Å²) in [6.07, 6.45) is 0. The molecule has 0 fully saturated rings. The number of aryl methyl sites for hydroxylation is 2. The van der Waals surface area contributed by atoms with Gasteiger partial charge in [-0.2, -0.15) is 0 Å². The molecule has 0 aliphatic carbocycles. The molecule has 0 aliphatic rings. The van der Waals surface area contributed by atoms with Crippen molar-refractivity contribution in [1.82, 2.24) is 4.98 Å². The van der Waals surface area contributed by atoms with Crippen LogP contribution in [0.4, 0.5) is 11.4 Å². The van der Waals surface area contributed by atoms with Crippen molar-refractivity contribution in [3.05, 3.63) is 50.7 Å². The second-order valence-corrected chi connectivity index (χ2v) is 4.40. The van der Waals surface area contributed by atoms with E-state index in [0.29, 0.717) is 11.6 Å². The molecule has 0 atom stereocenters. The summed E-state index contributed by atoms with van der Waals surface area (Å²) in [5.74, 6) is 1.21. The molecule has 0 radical (unpaired) electrons. The van der Waals surface area contributed by atoms with Crippen LogP contribution in [0.5, 0.6) is 0 Å². The van der Waals surface area contributed by atoms with E-state index in [1.807, 2.05) is 13.8 Å². The number of halogens is 1. The predicted octanol–water partition coefficient (Wildman–Crippen LogP) is 3.47. The fourth-order valence-corrected chi connectivity index (χ4v) is 1.87. The van der Waals surface area contributed by atoms with Crippen LogP contribution < -0.4 is 5.32 Å². The SMILES string of the molecule is Cc1nc(CNc2cccc(Cl)c2[N+](=O)[O-])oc1C. The lowest BCUT2D eigenvalue weighted by Crippen LogP contribution is -2.03. The van der Waals surface area contributed by atoms with E-state index >= 15 is 0 Å². The van der Waals surface area contributed by atoms with Gasteiger partial charge in [-0.3, -0.25) is 10.1 Å². The topological polar surface area (TPSA) is 81.2 Å². The van der Waals surface area contributed by atoms with Gasteiger partial charge < -0.3 is 9.73 Å². The Balaban J connectivity index is 2.20. The Morgan fingerprint density at radius 2 is 2.21 bits per heavy atom. The zero-order chi connectivity index (χ0) is 14.0. The first-order chi connectivity index (χ1) is 8.99. The van der Waals surface area contributed by atoms with Crippen LogP contribution in [0.1, 0.15) is 17.3 Å². The highest BCUT2D eigenvalue weighted by Crippen LogP contribution is 2.32. The lowest BCUT2D eigenvalue weighted by Gasteiger charge is -2.05. The van der Waals surface area contributed by atoms with Crippen molar-refractivity contribution in [2.75, 3.05) is 5.32 Å². The van der Waals surface area contributed by atoms with Crippen LogP contribution in [-0.2, 0) is 6.54 Å². The number of rotatable bonds is 4. The Hall–Kier alpha value is -2.08. The fourth-order valence-electron chi connectivity index (χ4n) is 1.63. The monoisotopic (exact) mass is 281 g/mol. The van der Waals surface area contributed by atoms with Crippen molar-refractivity contribution < 1.29 is 9.34 Å². The summed E-state index contributed by atoms with van der Waals surface area (Å²) in [6, 6.07) is 4.71. The number of nitro benzene ring substituents is 1. The van der Waals surface area contributed by atoms with Gasteiger partial charge in [-0.1, -0.05) is 17.7 Å². The predicted molar refractivity (Wildman–Crippen MR) is 71.4 cm³/mol. The maximum Gasteiger partial charge on any atom is 0.310 e. The molecule has 2 aromatic rings. The Kier molecular flexibility index (Phi) is 3.71. The summed E-state index contributed by atoms with van der Waals surface area (Å²) in [5, 5.41) is 14.0. The average Bonchev–Trinajstić information content (AvgIpc) is 2.65. The number of hydrogen-bond donors (Lipinski definition) is 1. The Morgan fingerprint density at radius 1 is 1.47 bits per heavy atom. The zero-order valence-electron chi connectivity index (χ0n) is 10.4. The molecule has 0 saturated heterocycles. The maximum absolute atomic E-state index is 11.0. The third kappa shape index (κ3) is 2.85. The molecule has 0 saturated carbocycles. The standard InChI is InChI=1S/C12H12ClN3O3/c1-7-8(2)19-11(15-7)6-14-10-5-3-4-9(13)12(10)16(17)18/h3-5,14H,6H2,1-2H3. The van der Waals surface area contributed by atoms with E-state index in [1.54, 1.807) is 12.1 Å². The van der Waals surface area contributed by atoms with Crippen molar-refractivity contribution in [1.29, 1.82) is 0 Å². The molecule has 0 spiro atoms. The number of nitrogens with zero attached hydrogens (tertiary/aromatic N) is 2. The molecular formula is C12H12ClN3O3. The smallest absolute Gasteiger partial charge is 0.310 e. The van der Waals surface area contributed by atoms with Gasteiger partial charge in [0.15, 0.2) is 0 Å². The highest BCUT2D eigenvalue weighted by Gasteiger charge is 2.18. The lowest BCUT2D eigenvalue weighted by atomic mass is 10.2. The quantitative estimate of drug-likeness (QED) is 0.685. The van der Waals surface area contributed by atoms with Crippen molar-refractivity contribution in [3.8, 4) is 0 Å². The Labute approximate surface area is 114 Å². The fraction of sp³-hybridized carbons (Fsp3) is 0.250. The zero-order valence-corrected chi connectivity index (χ0v) is 11.2. The molecule has 0 bridgehead atoms. The van der Waals surface area contributed by atoms with Gasteiger partial charge in [-0.05, 0) is 26.0 Å². The first-order valence-electron chi connectivity index (χ1n) is 5.58. The largest absolute Gasteiger partial charge is 0.444 e. The van der Waals surface area contributed by atoms with Crippen LogP contribution >= 0.6 is 11.6 Å². The summed E-state index contributed by atoms with van der Waals surface area (Å²) < 4.78 is 5.39. The molecule has 6 nitrogen and oxygen atoms in total. The van der Waals surface area contributed by atoms with E-state index in [0.717, 1.165) is 11.5 Å². The van der Waals surface area contributed by atoms with E-state index in [2.05, 4.69) is 10.3 Å². The number of nitrogens with one attached hydrogen (secondary N) is 1. The molecule has 0 amide bonds. The highest BCUT2D eigenvalue weighted by molar-refractivity contribution is 6.33. The van der Waals surface area contributed by atoms with Gasteiger partial charge in [-0.15, -0.1) is 0 Å². The van der Waals surface area contributed by atoms with Gasteiger partial charge >= 0.3 is 5.69 Å². The average molecular weight is 282 g/mol. The molecule has 0 unspecified atom stereocenters. The number of oxazole rings is 1. The molecule has 7 heteroatoms. The van der Waals surface area contributed by atoms with Gasteiger partial charge in [0.05, 0.1) is 17.2 Å². The van der Waals surface area contributed by atoms with Crippen molar-refractivity contribution >= 4 is 23.0 Å². The number of anilines is 1. The molecule has 1 aromatic heterocycles. The lowest BCUT2D eigenvalue weighted by molar-refractivity contribution is -0.383. The van der Waals surface area contributed by atoms with Crippen LogP contribution in [0.2, 0.25) is 5.02 Å². The minimum atomic E-state index is -0.517. The van der Waals surface area contributed by atoms with Crippen molar-refractivity contribution in [2.45, 2.75) is 20.4 Å². The van der Waals surface area contributed by atoms with Crippen LogP contribution in [0.25, 0.3) is 0 Å². The molecule has 1 N–H and O–H groups in total. The summed E-state index contributed by atoms with van der Waals surface area (Å²) in [7, 11) is 0. The molecule has 19 heavy (non-hydrogen) atoms.